The summed E-state index contributed by atoms with van der Waals surface area (Å²) >= 11 is -0.0319. The topological polar surface area (TPSA) is 17.1 Å². The van der Waals surface area contributed by atoms with Gasteiger partial charge in [-0.2, -0.15) is 0 Å². The van der Waals surface area contributed by atoms with Crippen molar-refractivity contribution < 1.29 is 4.79 Å². The van der Waals surface area contributed by atoms with E-state index in [4.69, 9.17) is 0 Å². The van der Waals surface area contributed by atoms with E-state index < -0.39 is 0 Å². The Kier molecular flexibility index (Phi) is 3.35. The molecular formula is C9H10AlO. The molecule has 0 aliphatic heterocycles. The second-order valence-corrected chi connectivity index (χ2v) is 4.09. The zero-order chi connectivity index (χ0) is 8.10. The molecule has 0 aromatic heterocycles. The summed E-state index contributed by atoms with van der Waals surface area (Å²) < 4.78 is 0.327. The summed E-state index contributed by atoms with van der Waals surface area (Å²) in [7, 11) is 0. The summed E-state index contributed by atoms with van der Waals surface area (Å²) in [6, 6.07) is 9.50. The third-order valence-corrected chi connectivity index (χ3v) is 2.56. The second kappa shape index (κ2) is 4.33. The highest BCUT2D eigenvalue weighted by Gasteiger charge is 2.03. The summed E-state index contributed by atoms with van der Waals surface area (Å²) in [6.45, 7) is 2.05. The lowest BCUT2D eigenvalue weighted by Gasteiger charge is -1.95. The molecular weight excluding hydrogens is 151 g/mol. The van der Waals surface area contributed by atoms with Gasteiger partial charge in [0.1, 0.15) is 0 Å². The number of carbonyl (C=O) groups excluding carboxylic acids is 1. The Balaban J connectivity index is 2.69. The highest BCUT2D eigenvalue weighted by molar-refractivity contribution is 6.77. The van der Waals surface area contributed by atoms with Gasteiger partial charge in [0, 0.05) is 0 Å². The molecule has 55 valence electrons. The molecule has 11 heavy (non-hydrogen) atoms. The average Bonchev–Trinajstić information content (AvgIpc) is 2.07. The fourth-order valence-corrected chi connectivity index (χ4v) is 1.70. The van der Waals surface area contributed by atoms with Crippen LogP contribution in [0.15, 0.2) is 30.3 Å². The van der Waals surface area contributed by atoms with Crippen LogP contribution >= 0.6 is 0 Å². The third-order valence-electron chi connectivity index (χ3n) is 1.45. The lowest BCUT2D eigenvalue weighted by molar-refractivity contribution is 0.107. The van der Waals surface area contributed by atoms with E-state index in [1.807, 2.05) is 30.3 Å². The van der Waals surface area contributed by atoms with E-state index in [0.717, 1.165) is 10.8 Å². The summed E-state index contributed by atoms with van der Waals surface area (Å²) in [4.78, 5) is 11.3. The first kappa shape index (κ1) is 8.52. The molecule has 1 nitrogen and oxygen atoms in total. The number of rotatable bonds is 3. The van der Waals surface area contributed by atoms with E-state index in [1.165, 1.54) is 0 Å². The first-order chi connectivity index (χ1) is 5.34. The van der Waals surface area contributed by atoms with E-state index in [1.54, 1.807) is 0 Å². The standard InChI is InChI=1S/C7H5O.C2H5.Al/c8-6-7-4-2-1-3-5-7;1-2;/h1-5H;1H2,2H3;. The molecule has 0 amide bonds. The van der Waals surface area contributed by atoms with Gasteiger partial charge in [-0.25, -0.2) is 0 Å². The molecule has 1 aromatic carbocycles. The van der Waals surface area contributed by atoms with Crippen LogP contribution in [-0.2, 0) is 0 Å². The molecule has 0 aliphatic carbocycles. The number of benzene rings is 1. The van der Waals surface area contributed by atoms with Crippen molar-refractivity contribution in [1.29, 1.82) is 0 Å². The van der Waals surface area contributed by atoms with Crippen LogP contribution in [0.1, 0.15) is 17.3 Å². The molecule has 0 saturated heterocycles. The van der Waals surface area contributed by atoms with E-state index in [9.17, 15) is 4.79 Å². The van der Waals surface area contributed by atoms with Crippen molar-refractivity contribution >= 4 is 19.9 Å². The van der Waals surface area contributed by atoms with Crippen molar-refractivity contribution in [2.24, 2.45) is 0 Å². The largest absolute Gasteiger partial charge is 0.321 e. The Labute approximate surface area is 73.1 Å². The fourth-order valence-electron chi connectivity index (χ4n) is 0.906. The smallest absolute Gasteiger partial charge is 0.317 e. The summed E-state index contributed by atoms with van der Waals surface area (Å²) in [5.74, 6) is 0. The first-order valence-corrected chi connectivity index (χ1v) is 5.16. The van der Waals surface area contributed by atoms with Crippen LogP contribution < -0.4 is 0 Å². The molecule has 0 heterocycles. The van der Waals surface area contributed by atoms with Crippen LogP contribution in [0.4, 0.5) is 0 Å². The molecule has 0 atom stereocenters. The predicted molar refractivity (Wildman–Crippen MR) is 47.0 cm³/mol. The zero-order valence-corrected chi connectivity index (χ0v) is 7.73. The quantitative estimate of drug-likeness (QED) is 0.619. The van der Waals surface area contributed by atoms with Crippen LogP contribution in [0.3, 0.4) is 0 Å². The van der Waals surface area contributed by atoms with E-state index >= 15 is 0 Å². The molecule has 0 unspecified atom stereocenters. The van der Waals surface area contributed by atoms with Gasteiger partial charge in [0.05, 0.1) is 4.65 Å². The minimum atomic E-state index is -0.0319. The molecule has 1 aromatic rings. The maximum absolute atomic E-state index is 11.3. The summed E-state index contributed by atoms with van der Waals surface area (Å²) in [6.07, 6.45) is 0. The van der Waals surface area contributed by atoms with Crippen molar-refractivity contribution in [3.8, 4) is 0 Å². The molecule has 0 saturated carbocycles. The molecule has 1 rings (SSSR count). The third kappa shape index (κ3) is 2.50. The highest BCUT2D eigenvalue weighted by atomic mass is 27.1. The Hall–Kier alpha value is -0.578. The van der Waals surface area contributed by atoms with E-state index in [0.29, 0.717) is 4.65 Å². The zero-order valence-electron chi connectivity index (χ0n) is 6.58. The summed E-state index contributed by atoms with van der Waals surface area (Å²) in [5.41, 5.74) is 0.865. The molecule has 0 bridgehead atoms. The van der Waals surface area contributed by atoms with Gasteiger partial charge in [-0.05, 0) is 5.56 Å². The minimum Gasteiger partial charge on any atom is -0.317 e. The van der Waals surface area contributed by atoms with Crippen LogP contribution in [0, 0.1) is 0 Å². The van der Waals surface area contributed by atoms with Gasteiger partial charge in [0.2, 0.25) is 0 Å². The lowest BCUT2D eigenvalue weighted by Crippen LogP contribution is -2.07. The van der Waals surface area contributed by atoms with Crippen LogP contribution in [0.25, 0.3) is 0 Å². The Morgan fingerprint density at radius 3 is 2.55 bits per heavy atom. The van der Waals surface area contributed by atoms with Gasteiger partial charge in [-0.1, -0.05) is 42.5 Å². The minimum absolute atomic E-state index is 0.0319. The molecule has 0 spiro atoms. The van der Waals surface area contributed by atoms with Gasteiger partial charge in [-0.3, -0.25) is 0 Å². The highest BCUT2D eigenvalue weighted by Crippen LogP contribution is 1.99. The maximum atomic E-state index is 11.3. The van der Waals surface area contributed by atoms with Crippen molar-refractivity contribution in [2.75, 3.05) is 0 Å². The Bertz CT molecular complexity index is 231. The first-order valence-electron chi connectivity index (χ1n) is 3.77. The van der Waals surface area contributed by atoms with Crippen molar-refractivity contribution in [3.05, 3.63) is 35.9 Å². The van der Waals surface area contributed by atoms with Crippen molar-refractivity contribution in [1.82, 2.24) is 0 Å². The number of carbonyl (C=O) groups is 1. The van der Waals surface area contributed by atoms with Gasteiger partial charge >= 0.3 is 15.2 Å². The number of hydrogen-bond acceptors (Lipinski definition) is 1. The Morgan fingerprint density at radius 1 is 1.36 bits per heavy atom. The van der Waals surface area contributed by atoms with Gasteiger partial charge in [-0.15, -0.1) is 0 Å². The fraction of sp³-hybridized carbons (Fsp3) is 0.222. The second-order valence-electron chi connectivity index (χ2n) is 2.34. The normalized spacial score (nSPS) is 9.18. The molecule has 0 N–H and O–H groups in total. The molecule has 0 fully saturated rings. The lowest BCUT2D eigenvalue weighted by atomic mass is 10.2. The molecule has 0 aliphatic rings. The van der Waals surface area contributed by atoms with Gasteiger partial charge < -0.3 is 4.79 Å². The van der Waals surface area contributed by atoms with E-state index in [-0.39, 0.29) is 15.2 Å². The van der Waals surface area contributed by atoms with E-state index in [2.05, 4.69) is 6.92 Å². The van der Waals surface area contributed by atoms with Gasteiger partial charge in [0.15, 0.2) is 0 Å². The van der Waals surface area contributed by atoms with Crippen LogP contribution in [0.5, 0.6) is 0 Å². The monoisotopic (exact) mass is 161 g/mol. The predicted octanol–water partition coefficient (Wildman–Crippen LogP) is 1.97. The maximum Gasteiger partial charge on any atom is 0.321 e. The average molecular weight is 161 g/mol. The van der Waals surface area contributed by atoms with Crippen LogP contribution in [0.2, 0.25) is 5.28 Å². The Morgan fingerprint density at radius 2 is 2.00 bits per heavy atom. The van der Waals surface area contributed by atoms with Crippen molar-refractivity contribution in [3.63, 3.8) is 0 Å². The number of hydrogen-bond donors (Lipinski definition) is 0. The SMILES string of the molecule is C[CH2][Al][C](=O)c1ccccc1. The van der Waals surface area contributed by atoms with Gasteiger partial charge in [0.25, 0.3) is 0 Å². The summed E-state index contributed by atoms with van der Waals surface area (Å²) in [5, 5.41) is 1.01. The van der Waals surface area contributed by atoms with Crippen LogP contribution in [-0.4, -0.2) is 19.9 Å². The molecule has 2 heteroatoms. The molecule has 1 radical (unpaired) electrons. The van der Waals surface area contributed by atoms with Crippen molar-refractivity contribution in [2.45, 2.75) is 12.2 Å².